The van der Waals surface area contributed by atoms with E-state index in [1.54, 1.807) is 0 Å². The fourth-order valence-corrected chi connectivity index (χ4v) is 3.06. The lowest BCUT2D eigenvalue weighted by atomic mass is 10.2. The normalized spacial score (nSPS) is 10.8. The predicted molar refractivity (Wildman–Crippen MR) is 115 cm³/mol. The van der Waals surface area contributed by atoms with Crippen molar-refractivity contribution in [3.8, 4) is 5.75 Å². The van der Waals surface area contributed by atoms with Crippen molar-refractivity contribution in [3.05, 3.63) is 72.1 Å². The molecule has 0 saturated carbocycles. The lowest BCUT2D eigenvalue weighted by Crippen LogP contribution is -2.31. The molecule has 0 bridgehead atoms. The summed E-state index contributed by atoms with van der Waals surface area (Å²) in [4.78, 5) is 11.6. The molecular formula is C23H28N4O. The van der Waals surface area contributed by atoms with Crippen LogP contribution < -0.4 is 15.0 Å². The standard InChI is InChI=1S/C23H28N4O/c1-5-28-21-14-10-9-13-20(21)26-22-15-23(25-18(4)24-22)27(17(2)3)16-19-11-7-6-8-12-19/h6-15,17H,5,16H2,1-4H3,(H,24,25,26). The van der Waals surface area contributed by atoms with E-state index in [2.05, 4.69) is 53.3 Å². The van der Waals surface area contributed by atoms with Crippen molar-refractivity contribution in [3.63, 3.8) is 0 Å². The molecule has 1 aromatic heterocycles. The number of aryl methyl sites for hydroxylation is 1. The summed E-state index contributed by atoms with van der Waals surface area (Å²) < 4.78 is 5.72. The zero-order valence-electron chi connectivity index (χ0n) is 17.0. The van der Waals surface area contributed by atoms with Crippen LogP contribution in [0, 0.1) is 6.92 Å². The second-order valence-electron chi connectivity index (χ2n) is 6.92. The van der Waals surface area contributed by atoms with E-state index in [1.165, 1.54) is 5.56 Å². The van der Waals surface area contributed by atoms with Crippen LogP contribution >= 0.6 is 0 Å². The number of benzene rings is 2. The monoisotopic (exact) mass is 376 g/mol. The van der Waals surface area contributed by atoms with Crippen LogP contribution in [0.2, 0.25) is 0 Å². The highest BCUT2D eigenvalue weighted by atomic mass is 16.5. The largest absolute Gasteiger partial charge is 0.492 e. The molecule has 28 heavy (non-hydrogen) atoms. The van der Waals surface area contributed by atoms with Crippen LogP contribution in [0.1, 0.15) is 32.2 Å². The average Bonchev–Trinajstić information content (AvgIpc) is 2.68. The van der Waals surface area contributed by atoms with Crippen molar-refractivity contribution in [2.45, 2.75) is 40.3 Å². The van der Waals surface area contributed by atoms with E-state index in [-0.39, 0.29) is 0 Å². The molecule has 146 valence electrons. The highest BCUT2D eigenvalue weighted by molar-refractivity contribution is 5.66. The van der Waals surface area contributed by atoms with E-state index in [4.69, 9.17) is 9.72 Å². The minimum Gasteiger partial charge on any atom is -0.492 e. The first-order chi connectivity index (χ1) is 13.6. The smallest absolute Gasteiger partial charge is 0.142 e. The van der Waals surface area contributed by atoms with Crippen molar-refractivity contribution < 1.29 is 4.74 Å². The molecule has 0 fully saturated rings. The number of hydrogen-bond acceptors (Lipinski definition) is 5. The molecule has 0 unspecified atom stereocenters. The lowest BCUT2D eigenvalue weighted by molar-refractivity contribution is 0.342. The van der Waals surface area contributed by atoms with Crippen molar-refractivity contribution in [1.29, 1.82) is 0 Å². The number of rotatable bonds is 8. The maximum Gasteiger partial charge on any atom is 0.142 e. The molecule has 0 spiro atoms. The first-order valence-corrected chi connectivity index (χ1v) is 9.72. The Hall–Kier alpha value is -3.08. The van der Waals surface area contributed by atoms with Gasteiger partial charge in [-0.2, -0.15) is 0 Å². The maximum atomic E-state index is 5.72. The molecule has 1 N–H and O–H groups in total. The summed E-state index contributed by atoms with van der Waals surface area (Å²) in [6.07, 6.45) is 0. The van der Waals surface area contributed by atoms with Crippen molar-refractivity contribution in [1.82, 2.24) is 9.97 Å². The number of aromatic nitrogens is 2. The molecule has 0 aliphatic rings. The maximum absolute atomic E-state index is 5.72. The third kappa shape index (κ3) is 5.00. The lowest BCUT2D eigenvalue weighted by Gasteiger charge is -2.28. The highest BCUT2D eigenvalue weighted by Crippen LogP contribution is 2.28. The van der Waals surface area contributed by atoms with Crippen molar-refractivity contribution in [2.24, 2.45) is 0 Å². The summed E-state index contributed by atoms with van der Waals surface area (Å²) in [5.41, 5.74) is 2.15. The summed E-state index contributed by atoms with van der Waals surface area (Å²) in [5.74, 6) is 3.21. The Morgan fingerprint density at radius 2 is 1.71 bits per heavy atom. The summed E-state index contributed by atoms with van der Waals surface area (Å²) in [7, 11) is 0. The molecule has 0 atom stereocenters. The topological polar surface area (TPSA) is 50.3 Å². The Kier molecular flexibility index (Phi) is 6.48. The second-order valence-corrected chi connectivity index (χ2v) is 6.92. The molecule has 2 aromatic carbocycles. The molecule has 0 radical (unpaired) electrons. The second kappa shape index (κ2) is 9.22. The van der Waals surface area contributed by atoms with Crippen LogP contribution in [0.5, 0.6) is 5.75 Å². The summed E-state index contributed by atoms with van der Waals surface area (Å²) in [5, 5.41) is 3.39. The zero-order chi connectivity index (χ0) is 19.9. The Morgan fingerprint density at radius 1 is 1.00 bits per heavy atom. The van der Waals surface area contributed by atoms with Crippen LogP contribution in [0.15, 0.2) is 60.7 Å². The third-order valence-corrected chi connectivity index (χ3v) is 4.39. The van der Waals surface area contributed by atoms with Gasteiger partial charge in [0.25, 0.3) is 0 Å². The van der Waals surface area contributed by atoms with E-state index in [1.807, 2.05) is 50.2 Å². The number of para-hydroxylation sites is 2. The minimum atomic E-state index is 0.304. The molecule has 0 saturated heterocycles. The molecular weight excluding hydrogens is 348 g/mol. The van der Waals surface area contributed by atoms with Crippen LogP contribution in [-0.4, -0.2) is 22.6 Å². The Bertz CT molecular complexity index is 896. The fraction of sp³-hybridized carbons (Fsp3) is 0.304. The van der Waals surface area contributed by atoms with Gasteiger partial charge in [0.1, 0.15) is 23.2 Å². The third-order valence-electron chi connectivity index (χ3n) is 4.39. The fourth-order valence-electron chi connectivity index (χ4n) is 3.06. The number of anilines is 3. The van der Waals surface area contributed by atoms with Gasteiger partial charge >= 0.3 is 0 Å². The van der Waals surface area contributed by atoms with Gasteiger partial charge in [-0.05, 0) is 45.4 Å². The van der Waals surface area contributed by atoms with Gasteiger partial charge in [-0.15, -0.1) is 0 Å². The van der Waals surface area contributed by atoms with E-state index >= 15 is 0 Å². The number of nitrogens with one attached hydrogen (secondary N) is 1. The van der Waals surface area contributed by atoms with E-state index < -0.39 is 0 Å². The van der Waals surface area contributed by atoms with Crippen LogP contribution in [0.3, 0.4) is 0 Å². The Balaban J connectivity index is 1.89. The minimum absolute atomic E-state index is 0.304. The van der Waals surface area contributed by atoms with Gasteiger partial charge in [0.05, 0.1) is 12.3 Å². The molecule has 0 aliphatic carbocycles. The van der Waals surface area contributed by atoms with E-state index in [0.717, 1.165) is 35.4 Å². The number of hydrogen-bond donors (Lipinski definition) is 1. The number of ether oxygens (including phenoxy) is 1. The highest BCUT2D eigenvalue weighted by Gasteiger charge is 2.15. The van der Waals surface area contributed by atoms with Gasteiger partial charge in [-0.1, -0.05) is 42.5 Å². The molecule has 0 aliphatic heterocycles. The molecule has 0 amide bonds. The van der Waals surface area contributed by atoms with Gasteiger partial charge in [-0.25, -0.2) is 9.97 Å². The molecule has 5 heteroatoms. The van der Waals surface area contributed by atoms with Crippen LogP contribution in [-0.2, 0) is 6.54 Å². The van der Waals surface area contributed by atoms with Gasteiger partial charge in [0, 0.05) is 18.7 Å². The van der Waals surface area contributed by atoms with Gasteiger partial charge < -0.3 is 15.0 Å². The van der Waals surface area contributed by atoms with E-state index in [0.29, 0.717) is 12.6 Å². The molecule has 3 aromatic rings. The molecule has 3 rings (SSSR count). The van der Waals surface area contributed by atoms with Gasteiger partial charge in [0.15, 0.2) is 0 Å². The molecule has 1 heterocycles. The summed E-state index contributed by atoms with van der Waals surface area (Å²) in [6, 6.07) is 20.6. The average molecular weight is 377 g/mol. The van der Waals surface area contributed by atoms with Crippen molar-refractivity contribution in [2.75, 3.05) is 16.8 Å². The Labute approximate surface area is 167 Å². The quantitative estimate of drug-likeness (QED) is 0.575. The molecule has 5 nitrogen and oxygen atoms in total. The first kappa shape index (κ1) is 19.7. The summed E-state index contributed by atoms with van der Waals surface area (Å²) in [6.45, 7) is 9.67. The van der Waals surface area contributed by atoms with Crippen LogP contribution in [0.4, 0.5) is 17.3 Å². The zero-order valence-corrected chi connectivity index (χ0v) is 17.0. The summed E-state index contributed by atoms with van der Waals surface area (Å²) >= 11 is 0. The number of nitrogens with zero attached hydrogens (tertiary/aromatic N) is 3. The van der Waals surface area contributed by atoms with Crippen molar-refractivity contribution >= 4 is 17.3 Å². The van der Waals surface area contributed by atoms with E-state index in [9.17, 15) is 0 Å². The Morgan fingerprint density at radius 3 is 2.43 bits per heavy atom. The first-order valence-electron chi connectivity index (χ1n) is 9.72. The SMILES string of the molecule is CCOc1ccccc1Nc1cc(N(Cc2ccccc2)C(C)C)nc(C)n1. The van der Waals surface area contributed by atoms with Gasteiger partial charge in [-0.3, -0.25) is 0 Å². The van der Waals surface area contributed by atoms with Gasteiger partial charge in [0.2, 0.25) is 0 Å². The van der Waals surface area contributed by atoms with Crippen LogP contribution in [0.25, 0.3) is 0 Å². The predicted octanol–water partition coefficient (Wildman–Crippen LogP) is 5.34.